The summed E-state index contributed by atoms with van der Waals surface area (Å²) in [6.45, 7) is 2.81. The summed E-state index contributed by atoms with van der Waals surface area (Å²) in [5, 5.41) is 0. The molecule has 2 atom stereocenters. The Morgan fingerprint density at radius 2 is 2.04 bits per heavy atom. The van der Waals surface area contributed by atoms with E-state index in [9.17, 15) is 4.79 Å². The first-order valence-corrected chi connectivity index (χ1v) is 8.26. The minimum absolute atomic E-state index is 0.0102. The van der Waals surface area contributed by atoms with Gasteiger partial charge in [-0.3, -0.25) is 4.79 Å². The Kier molecular flexibility index (Phi) is 2.70. The van der Waals surface area contributed by atoms with E-state index in [0.29, 0.717) is 11.3 Å². The molecule has 0 radical (unpaired) electrons. The molecule has 122 valence electrons. The standard InChI is InChI=1S/C20H18O4/c1-20(10-23-20)17-8-13-14-7-11-5-3-4-6-12(11)19(21)18(14)16(22-2)9-15(13)24-17/h3-6,9,17H,7-8,10H2,1-2H3/t17-,20+/m1/s1. The minimum atomic E-state index is -0.199. The molecule has 2 aliphatic heterocycles. The van der Waals surface area contributed by atoms with Crippen molar-refractivity contribution in [2.75, 3.05) is 13.7 Å². The maximum Gasteiger partial charge on any atom is 0.197 e. The van der Waals surface area contributed by atoms with Crippen LogP contribution in [0.25, 0.3) is 0 Å². The Hall–Kier alpha value is -2.33. The molecule has 1 fully saturated rings. The Balaban J connectivity index is 1.67. The average molecular weight is 322 g/mol. The van der Waals surface area contributed by atoms with Crippen LogP contribution < -0.4 is 9.47 Å². The zero-order chi connectivity index (χ0) is 16.5. The molecular weight excluding hydrogens is 304 g/mol. The van der Waals surface area contributed by atoms with Crippen molar-refractivity contribution in [3.8, 4) is 11.5 Å². The van der Waals surface area contributed by atoms with Crippen molar-refractivity contribution in [3.63, 3.8) is 0 Å². The molecule has 3 aliphatic rings. The summed E-state index contributed by atoms with van der Waals surface area (Å²) in [5.74, 6) is 1.48. The van der Waals surface area contributed by atoms with Gasteiger partial charge in [0.25, 0.3) is 0 Å². The number of ether oxygens (including phenoxy) is 3. The molecular formula is C20H18O4. The van der Waals surface area contributed by atoms with E-state index < -0.39 is 0 Å². The number of epoxide rings is 1. The molecule has 0 amide bonds. The van der Waals surface area contributed by atoms with Crippen LogP contribution in [0.5, 0.6) is 11.5 Å². The summed E-state index contributed by atoms with van der Waals surface area (Å²) in [4.78, 5) is 13.0. The van der Waals surface area contributed by atoms with Crippen LogP contribution in [0.1, 0.15) is 39.5 Å². The lowest BCUT2D eigenvalue weighted by atomic mass is 9.81. The highest BCUT2D eigenvalue weighted by atomic mass is 16.6. The molecule has 2 heterocycles. The topological polar surface area (TPSA) is 48.1 Å². The molecule has 1 saturated heterocycles. The number of hydrogen-bond acceptors (Lipinski definition) is 4. The van der Waals surface area contributed by atoms with Crippen molar-refractivity contribution >= 4 is 5.78 Å². The molecule has 5 rings (SSSR count). The van der Waals surface area contributed by atoms with Crippen LogP contribution in [0.3, 0.4) is 0 Å². The van der Waals surface area contributed by atoms with E-state index in [1.165, 1.54) is 0 Å². The van der Waals surface area contributed by atoms with Crippen molar-refractivity contribution in [1.82, 2.24) is 0 Å². The monoisotopic (exact) mass is 322 g/mol. The largest absolute Gasteiger partial charge is 0.496 e. The molecule has 24 heavy (non-hydrogen) atoms. The van der Waals surface area contributed by atoms with Gasteiger partial charge in [0.05, 0.1) is 19.3 Å². The second kappa shape index (κ2) is 4.61. The predicted octanol–water partition coefficient (Wildman–Crippen LogP) is 2.92. The zero-order valence-electron chi connectivity index (χ0n) is 13.7. The lowest BCUT2D eigenvalue weighted by Gasteiger charge is -2.22. The second-order valence-corrected chi connectivity index (χ2v) is 6.98. The number of fused-ring (bicyclic) bond motifs is 4. The number of rotatable bonds is 2. The summed E-state index contributed by atoms with van der Waals surface area (Å²) in [6, 6.07) is 9.68. The Morgan fingerprint density at radius 3 is 2.79 bits per heavy atom. The van der Waals surface area contributed by atoms with E-state index in [0.717, 1.165) is 47.5 Å². The Bertz CT molecular complexity index is 879. The van der Waals surface area contributed by atoms with Gasteiger partial charge in [0.15, 0.2) is 5.78 Å². The van der Waals surface area contributed by atoms with Gasteiger partial charge in [0.2, 0.25) is 0 Å². The van der Waals surface area contributed by atoms with E-state index in [-0.39, 0.29) is 17.5 Å². The number of methoxy groups -OCH3 is 1. The summed E-state index contributed by atoms with van der Waals surface area (Å²) >= 11 is 0. The molecule has 0 spiro atoms. The van der Waals surface area contributed by atoms with Gasteiger partial charge in [-0.25, -0.2) is 0 Å². The summed E-state index contributed by atoms with van der Waals surface area (Å²) < 4.78 is 17.2. The molecule has 0 N–H and O–H groups in total. The molecule has 2 aromatic carbocycles. The van der Waals surface area contributed by atoms with Gasteiger partial charge in [-0.15, -0.1) is 0 Å². The van der Waals surface area contributed by atoms with Crippen LogP contribution >= 0.6 is 0 Å². The number of benzene rings is 2. The molecule has 1 aliphatic carbocycles. The van der Waals surface area contributed by atoms with Crippen LogP contribution in [0.15, 0.2) is 30.3 Å². The lowest BCUT2D eigenvalue weighted by molar-refractivity contribution is 0.103. The van der Waals surface area contributed by atoms with Gasteiger partial charge in [-0.2, -0.15) is 0 Å². The van der Waals surface area contributed by atoms with Crippen molar-refractivity contribution in [2.45, 2.75) is 31.5 Å². The van der Waals surface area contributed by atoms with Gasteiger partial charge < -0.3 is 14.2 Å². The third-order valence-corrected chi connectivity index (χ3v) is 5.49. The number of ketones is 1. The number of carbonyl (C=O) groups excluding carboxylic acids is 1. The van der Waals surface area contributed by atoms with E-state index >= 15 is 0 Å². The summed E-state index contributed by atoms with van der Waals surface area (Å²) in [7, 11) is 1.60. The van der Waals surface area contributed by atoms with E-state index in [1.54, 1.807) is 7.11 Å². The van der Waals surface area contributed by atoms with Crippen molar-refractivity contribution < 1.29 is 19.0 Å². The van der Waals surface area contributed by atoms with E-state index in [2.05, 4.69) is 6.92 Å². The molecule has 4 nitrogen and oxygen atoms in total. The SMILES string of the molecule is COc1cc2c(c3c1C(=O)c1ccccc1C3)C[C@H]([C@]1(C)CO1)O2. The van der Waals surface area contributed by atoms with Gasteiger partial charge in [-0.05, 0) is 24.5 Å². The first-order chi connectivity index (χ1) is 11.6. The third kappa shape index (κ3) is 1.80. The molecule has 2 aromatic rings. The van der Waals surface area contributed by atoms with Crippen LogP contribution in [0.2, 0.25) is 0 Å². The highest BCUT2D eigenvalue weighted by Crippen LogP contribution is 2.47. The third-order valence-electron chi connectivity index (χ3n) is 5.49. The second-order valence-electron chi connectivity index (χ2n) is 6.98. The minimum Gasteiger partial charge on any atom is -0.496 e. The number of hydrogen-bond donors (Lipinski definition) is 0. The molecule has 0 unspecified atom stereocenters. The molecule has 4 heteroatoms. The van der Waals surface area contributed by atoms with Gasteiger partial charge in [0, 0.05) is 23.6 Å². The predicted molar refractivity (Wildman–Crippen MR) is 88.2 cm³/mol. The molecule has 0 bridgehead atoms. The average Bonchev–Trinajstić information content (AvgIpc) is 3.19. The Labute approximate surface area is 140 Å². The zero-order valence-corrected chi connectivity index (χ0v) is 13.7. The quantitative estimate of drug-likeness (QED) is 0.681. The van der Waals surface area contributed by atoms with Crippen LogP contribution in [-0.2, 0) is 17.6 Å². The van der Waals surface area contributed by atoms with Crippen molar-refractivity contribution in [2.24, 2.45) is 0 Å². The smallest absolute Gasteiger partial charge is 0.197 e. The fourth-order valence-corrected chi connectivity index (χ4v) is 3.90. The fraction of sp³-hybridized carbons (Fsp3) is 0.350. The highest BCUT2D eigenvalue weighted by Gasteiger charge is 2.52. The van der Waals surface area contributed by atoms with Gasteiger partial charge in [0.1, 0.15) is 23.2 Å². The maximum absolute atomic E-state index is 13.0. The van der Waals surface area contributed by atoms with E-state index in [4.69, 9.17) is 14.2 Å². The summed E-state index contributed by atoms with van der Waals surface area (Å²) in [6.07, 6.45) is 1.54. The highest BCUT2D eigenvalue weighted by molar-refractivity contribution is 6.14. The first-order valence-electron chi connectivity index (χ1n) is 8.26. The number of carbonyl (C=O) groups is 1. The van der Waals surface area contributed by atoms with Gasteiger partial charge in [-0.1, -0.05) is 24.3 Å². The van der Waals surface area contributed by atoms with Crippen LogP contribution in [0, 0.1) is 0 Å². The van der Waals surface area contributed by atoms with Crippen LogP contribution in [0.4, 0.5) is 0 Å². The Morgan fingerprint density at radius 1 is 1.25 bits per heavy atom. The maximum atomic E-state index is 13.0. The lowest BCUT2D eigenvalue weighted by Crippen LogP contribution is -2.30. The van der Waals surface area contributed by atoms with Crippen LogP contribution in [-0.4, -0.2) is 31.2 Å². The van der Waals surface area contributed by atoms with Crippen molar-refractivity contribution in [3.05, 3.63) is 58.1 Å². The first kappa shape index (κ1) is 14.1. The van der Waals surface area contributed by atoms with Crippen molar-refractivity contribution in [1.29, 1.82) is 0 Å². The normalized spacial score (nSPS) is 26.2. The molecule has 0 aromatic heterocycles. The van der Waals surface area contributed by atoms with E-state index in [1.807, 2.05) is 30.3 Å². The van der Waals surface area contributed by atoms with Gasteiger partial charge >= 0.3 is 0 Å². The fourth-order valence-electron chi connectivity index (χ4n) is 3.90. The summed E-state index contributed by atoms with van der Waals surface area (Å²) in [5.41, 5.74) is 4.53. The molecule has 0 saturated carbocycles.